The Bertz CT molecular complexity index is 317. The van der Waals surface area contributed by atoms with Crippen LogP contribution in [0.1, 0.15) is 78.1 Å². The molecule has 122 valence electrons. The number of nitrogens with zero attached hydrogens (tertiary/aromatic N) is 1. The molecule has 1 heterocycles. The first-order chi connectivity index (χ1) is 10.2. The average Bonchev–Trinajstić information content (AvgIpc) is 2.96. The normalized spacial score (nSPS) is 18.0. The summed E-state index contributed by atoms with van der Waals surface area (Å²) in [5.41, 5.74) is 0. The van der Waals surface area contributed by atoms with E-state index >= 15 is 0 Å². The van der Waals surface area contributed by atoms with Crippen molar-refractivity contribution in [1.82, 2.24) is 4.90 Å². The molecule has 1 unspecified atom stereocenters. The van der Waals surface area contributed by atoms with Crippen molar-refractivity contribution in [2.45, 2.75) is 84.1 Å². The van der Waals surface area contributed by atoms with E-state index in [9.17, 15) is 9.59 Å². The maximum atomic E-state index is 12.2. The zero-order chi connectivity index (χ0) is 15.5. The fourth-order valence-corrected chi connectivity index (χ4v) is 2.78. The van der Waals surface area contributed by atoms with Gasteiger partial charge in [0.2, 0.25) is 5.91 Å². The van der Waals surface area contributed by atoms with Gasteiger partial charge < -0.3 is 9.64 Å². The maximum absolute atomic E-state index is 12.2. The van der Waals surface area contributed by atoms with Crippen LogP contribution in [0.4, 0.5) is 0 Å². The number of amides is 1. The first kappa shape index (κ1) is 18.0. The van der Waals surface area contributed by atoms with Gasteiger partial charge in [0, 0.05) is 13.0 Å². The van der Waals surface area contributed by atoms with E-state index in [0.29, 0.717) is 19.6 Å². The van der Waals surface area contributed by atoms with Crippen LogP contribution in [0.3, 0.4) is 0 Å². The largest absolute Gasteiger partial charge is 0.464 e. The number of carbonyl (C=O) groups excluding carboxylic acids is 2. The highest BCUT2D eigenvalue weighted by atomic mass is 16.5. The smallest absolute Gasteiger partial charge is 0.328 e. The number of hydrogen-bond donors (Lipinski definition) is 0. The Labute approximate surface area is 129 Å². The lowest BCUT2D eigenvalue weighted by atomic mass is 10.1. The van der Waals surface area contributed by atoms with Crippen LogP contribution in [-0.4, -0.2) is 36.0 Å². The van der Waals surface area contributed by atoms with Crippen LogP contribution in [0.15, 0.2) is 0 Å². The molecule has 1 saturated heterocycles. The first-order valence-electron chi connectivity index (χ1n) is 8.66. The SMILES string of the molecule is CCCCCCOC(=O)C1CCCN1C(=O)CCCCC. The molecule has 0 aromatic heterocycles. The molecular weight excluding hydrogens is 266 g/mol. The Hall–Kier alpha value is -1.06. The van der Waals surface area contributed by atoms with Crippen molar-refractivity contribution in [3.05, 3.63) is 0 Å². The first-order valence-corrected chi connectivity index (χ1v) is 8.66. The van der Waals surface area contributed by atoms with Gasteiger partial charge in [-0.1, -0.05) is 46.0 Å². The molecule has 0 spiro atoms. The number of rotatable bonds is 10. The third-order valence-electron chi connectivity index (χ3n) is 4.08. The van der Waals surface area contributed by atoms with Crippen LogP contribution < -0.4 is 0 Å². The van der Waals surface area contributed by atoms with Crippen molar-refractivity contribution < 1.29 is 14.3 Å². The molecule has 0 N–H and O–H groups in total. The van der Waals surface area contributed by atoms with Crippen molar-refractivity contribution in [2.75, 3.05) is 13.2 Å². The molecule has 0 bridgehead atoms. The highest BCUT2D eigenvalue weighted by Crippen LogP contribution is 2.20. The second-order valence-corrected chi connectivity index (χ2v) is 5.93. The van der Waals surface area contributed by atoms with E-state index in [0.717, 1.165) is 44.9 Å². The number of ether oxygens (including phenoxy) is 1. The second kappa shape index (κ2) is 10.6. The molecule has 1 aliphatic rings. The van der Waals surface area contributed by atoms with Crippen LogP contribution in [0, 0.1) is 0 Å². The average molecular weight is 297 g/mol. The second-order valence-electron chi connectivity index (χ2n) is 5.93. The molecule has 21 heavy (non-hydrogen) atoms. The van der Waals surface area contributed by atoms with Crippen molar-refractivity contribution >= 4 is 11.9 Å². The van der Waals surface area contributed by atoms with Gasteiger partial charge in [0.05, 0.1) is 6.61 Å². The molecule has 4 heteroatoms. The summed E-state index contributed by atoms with van der Waals surface area (Å²) in [6, 6.07) is -0.328. The zero-order valence-electron chi connectivity index (χ0n) is 13.7. The lowest BCUT2D eigenvalue weighted by Crippen LogP contribution is -2.41. The fraction of sp³-hybridized carbons (Fsp3) is 0.882. The van der Waals surface area contributed by atoms with Crippen molar-refractivity contribution in [2.24, 2.45) is 0 Å². The van der Waals surface area contributed by atoms with E-state index in [4.69, 9.17) is 4.74 Å². The minimum absolute atomic E-state index is 0.119. The molecule has 0 radical (unpaired) electrons. The molecule has 1 atom stereocenters. The molecule has 0 aliphatic carbocycles. The summed E-state index contributed by atoms with van der Waals surface area (Å²) >= 11 is 0. The standard InChI is InChI=1S/C17H31NO3/c1-3-5-7-9-14-21-17(20)15-11-10-13-18(15)16(19)12-8-6-4-2/h15H,3-14H2,1-2H3. The number of esters is 1. The Kier molecular flexibility index (Phi) is 9.11. The van der Waals surface area contributed by atoms with Crippen molar-refractivity contribution in [3.63, 3.8) is 0 Å². The summed E-state index contributed by atoms with van der Waals surface area (Å²) in [5.74, 6) is -0.0817. The van der Waals surface area contributed by atoms with Gasteiger partial charge in [-0.15, -0.1) is 0 Å². The van der Waals surface area contributed by atoms with Crippen LogP contribution in [0.5, 0.6) is 0 Å². The Morgan fingerprint density at radius 1 is 1.05 bits per heavy atom. The summed E-state index contributed by atoms with van der Waals surface area (Å²) < 4.78 is 5.35. The Morgan fingerprint density at radius 2 is 1.76 bits per heavy atom. The topological polar surface area (TPSA) is 46.6 Å². The monoisotopic (exact) mass is 297 g/mol. The van der Waals surface area contributed by atoms with Gasteiger partial charge in [0.15, 0.2) is 0 Å². The third kappa shape index (κ3) is 6.49. The van der Waals surface area contributed by atoms with E-state index in [-0.39, 0.29) is 17.9 Å². The molecule has 0 saturated carbocycles. The van der Waals surface area contributed by atoms with Gasteiger partial charge >= 0.3 is 5.97 Å². The molecule has 1 amide bonds. The van der Waals surface area contributed by atoms with Crippen LogP contribution in [-0.2, 0) is 14.3 Å². The lowest BCUT2D eigenvalue weighted by molar-refractivity contribution is -0.153. The van der Waals surface area contributed by atoms with Gasteiger partial charge in [0.1, 0.15) is 6.04 Å². The van der Waals surface area contributed by atoms with Crippen molar-refractivity contribution in [3.8, 4) is 0 Å². The summed E-state index contributed by atoms with van der Waals surface area (Å²) in [4.78, 5) is 26.0. The highest BCUT2D eigenvalue weighted by molar-refractivity contribution is 5.85. The van der Waals surface area contributed by atoms with Crippen LogP contribution in [0.2, 0.25) is 0 Å². The fourth-order valence-electron chi connectivity index (χ4n) is 2.78. The summed E-state index contributed by atoms with van der Waals surface area (Å²) in [5, 5.41) is 0. The third-order valence-corrected chi connectivity index (χ3v) is 4.08. The van der Waals surface area contributed by atoms with E-state index in [1.54, 1.807) is 4.90 Å². The van der Waals surface area contributed by atoms with Gasteiger partial charge in [0.25, 0.3) is 0 Å². The summed E-state index contributed by atoms with van der Waals surface area (Å²) in [6.45, 7) is 5.49. The Morgan fingerprint density at radius 3 is 2.48 bits per heavy atom. The minimum atomic E-state index is -0.328. The van der Waals surface area contributed by atoms with Gasteiger partial charge in [-0.2, -0.15) is 0 Å². The molecule has 1 fully saturated rings. The Balaban J connectivity index is 2.30. The molecule has 0 aromatic carbocycles. The number of unbranched alkanes of at least 4 members (excludes halogenated alkanes) is 5. The number of carbonyl (C=O) groups is 2. The molecule has 0 aromatic rings. The van der Waals surface area contributed by atoms with Gasteiger partial charge in [-0.3, -0.25) is 4.79 Å². The number of likely N-dealkylation sites (tertiary alicyclic amines) is 1. The minimum Gasteiger partial charge on any atom is -0.464 e. The zero-order valence-corrected chi connectivity index (χ0v) is 13.7. The number of hydrogen-bond acceptors (Lipinski definition) is 3. The van der Waals surface area contributed by atoms with Crippen molar-refractivity contribution in [1.29, 1.82) is 0 Å². The predicted molar refractivity (Wildman–Crippen MR) is 84.0 cm³/mol. The molecule has 1 rings (SSSR count). The van der Waals surface area contributed by atoms with Crippen LogP contribution in [0.25, 0.3) is 0 Å². The molecular formula is C17H31NO3. The van der Waals surface area contributed by atoms with Gasteiger partial charge in [-0.05, 0) is 25.7 Å². The highest BCUT2D eigenvalue weighted by Gasteiger charge is 2.34. The van der Waals surface area contributed by atoms with Gasteiger partial charge in [-0.25, -0.2) is 4.79 Å². The van der Waals surface area contributed by atoms with E-state index in [1.165, 1.54) is 12.8 Å². The lowest BCUT2D eigenvalue weighted by Gasteiger charge is -2.23. The van der Waals surface area contributed by atoms with Crippen LogP contribution >= 0.6 is 0 Å². The van der Waals surface area contributed by atoms with E-state index < -0.39 is 0 Å². The summed E-state index contributed by atoms with van der Waals surface area (Å²) in [6.07, 6.45) is 9.73. The summed E-state index contributed by atoms with van der Waals surface area (Å²) in [7, 11) is 0. The van der Waals surface area contributed by atoms with E-state index in [2.05, 4.69) is 13.8 Å². The molecule has 1 aliphatic heterocycles. The molecule has 4 nitrogen and oxygen atoms in total. The van der Waals surface area contributed by atoms with E-state index in [1.807, 2.05) is 0 Å². The maximum Gasteiger partial charge on any atom is 0.328 e. The predicted octanol–water partition coefficient (Wildman–Crippen LogP) is 3.68. The quantitative estimate of drug-likeness (QED) is 0.456.